The Morgan fingerprint density at radius 2 is 1.88 bits per heavy atom. The van der Waals surface area contributed by atoms with Crippen LogP contribution in [0.2, 0.25) is 3.98 Å². The monoisotopic (exact) mass is 309 g/mol. The summed E-state index contributed by atoms with van der Waals surface area (Å²) in [4.78, 5) is 19.4. The molecule has 0 saturated heterocycles. The van der Waals surface area contributed by atoms with E-state index in [1.807, 2.05) is 0 Å². The van der Waals surface area contributed by atoms with Crippen LogP contribution < -0.4 is 0 Å². The van der Waals surface area contributed by atoms with Gasteiger partial charge in [-0.3, -0.25) is 0 Å². The Morgan fingerprint density at radius 3 is 2.00 bits per heavy atom. The molecule has 0 unspecified atom stereocenters. The van der Waals surface area contributed by atoms with Crippen molar-refractivity contribution >= 4 is 33.7 Å². The molecule has 0 aliphatic rings. The molecule has 0 atom stereocenters. The van der Waals surface area contributed by atoms with Gasteiger partial charge in [-0.15, -0.1) is 0 Å². The second kappa shape index (κ2) is 3.81. The topological polar surface area (TPSA) is 74.6 Å². The van der Waals surface area contributed by atoms with Crippen molar-refractivity contribution < 1.29 is 19.8 Å². The third kappa shape index (κ3) is 5.86. The summed E-state index contributed by atoms with van der Waals surface area (Å²) in [5, 5.41) is 15.9. The van der Waals surface area contributed by atoms with Crippen molar-refractivity contribution in [2.24, 2.45) is 0 Å². The van der Waals surface area contributed by atoms with Crippen LogP contribution in [-0.4, -0.2) is 43.9 Å². The molecule has 0 aliphatic heterocycles. The molecule has 2 N–H and O–H groups in total. The number of carbonyl (C=O) groups is 2. The van der Waals surface area contributed by atoms with E-state index in [0.29, 0.717) is 0 Å². The Morgan fingerprint density at radius 1 is 1.38 bits per heavy atom. The van der Waals surface area contributed by atoms with Gasteiger partial charge in [0.25, 0.3) is 0 Å². The van der Waals surface area contributed by atoms with Crippen molar-refractivity contribution in [3.63, 3.8) is 0 Å². The van der Waals surface area contributed by atoms with E-state index in [-0.39, 0.29) is 3.98 Å². The Labute approximate surface area is 57.7 Å². The van der Waals surface area contributed by atoms with Gasteiger partial charge in [0.15, 0.2) is 0 Å². The Kier molecular flexibility index (Phi) is 3.75. The Bertz CT molecular complexity index is 95.9. The fourth-order valence-corrected chi connectivity index (χ4v) is 1.53. The molecule has 0 heterocycles. The molecule has 0 aromatic rings. The fraction of sp³-hybridized carbons (Fsp3) is 0.333. The summed E-state index contributed by atoms with van der Waals surface area (Å²) in [6.07, 6.45) is 0. The predicted octanol–water partition coefficient (Wildman–Crippen LogP) is -0.128. The van der Waals surface area contributed by atoms with Crippen LogP contribution in [0.3, 0.4) is 0 Å². The molecule has 0 rings (SSSR count). The zero-order valence-corrected chi connectivity index (χ0v) is 8.48. The van der Waals surface area contributed by atoms with E-state index >= 15 is 0 Å². The molecular weight excluding hydrogens is 304 g/mol. The van der Waals surface area contributed by atoms with Crippen LogP contribution in [0.1, 0.15) is 0 Å². The van der Waals surface area contributed by atoms with Crippen LogP contribution in [0.4, 0.5) is 4.79 Å². The molecule has 0 radical (unpaired) electrons. The van der Waals surface area contributed by atoms with Crippen molar-refractivity contribution in [2.45, 2.75) is 3.98 Å². The van der Waals surface area contributed by atoms with E-state index < -0.39 is 33.7 Å². The van der Waals surface area contributed by atoms with Gasteiger partial charge in [0.1, 0.15) is 0 Å². The zero-order valence-electron chi connectivity index (χ0n) is 4.00. The van der Waals surface area contributed by atoms with Gasteiger partial charge in [-0.25, -0.2) is 0 Å². The molecule has 0 aliphatic carbocycles. The number of carboxylic acid groups (broad SMARTS) is 2. The quantitative estimate of drug-likeness (QED) is 0.712. The van der Waals surface area contributed by atoms with Gasteiger partial charge in [-0.05, 0) is 0 Å². The van der Waals surface area contributed by atoms with E-state index in [9.17, 15) is 9.59 Å². The van der Waals surface area contributed by atoms with Gasteiger partial charge in [-0.2, -0.15) is 0 Å². The first-order valence-corrected chi connectivity index (χ1v) is 7.32. The maximum absolute atomic E-state index is 9.73. The molecule has 0 spiro atoms. The maximum atomic E-state index is 9.73. The SMILES string of the molecule is O=C(O)[CH2][Tl][C](=O)O. The minimum absolute atomic E-state index is 0.0880. The van der Waals surface area contributed by atoms with Crippen LogP contribution in [-0.2, 0) is 4.79 Å². The van der Waals surface area contributed by atoms with Crippen LogP contribution in [0.25, 0.3) is 0 Å². The molecule has 43 valence electrons. The third-order valence-electron chi connectivity index (χ3n) is 0.451. The average Bonchev–Trinajstić information content (AvgIpc) is 1.61. The van der Waals surface area contributed by atoms with Crippen molar-refractivity contribution in [2.75, 3.05) is 0 Å². The molecular formula is C3H4O4Tl. The molecule has 0 bridgehead atoms. The molecule has 0 amide bonds. The van der Waals surface area contributed by atoms with Gasteiger partial charge >= 0.3 is 57.5 Å². The number of carboxylic acids is 1. The van der Waals surface area contributed by atoms with Crippen molar-refractivity contribution in [1.29, 1.82) is 0 Å². The first kappa shape index (κ1) is 7.86. The fourth-order valence-electron chi connectivity index (χ4n) is 0.175. The molecule has 0 saturated carbocycles. The first-order valence-electron chi connectivity index (χ1n) is 1.91. The summed E-state index contributed by atoms with van der Waals surface area (Å²) in [5.74, 6) is -0.984. The van der Waals surface area contributed by atoms with Crippen molar-refractivity contribution in [3.05, 3.63) is 0 Å². The second-order valence-corrected chi connectivity index (χ2v) is 6.23. The Hall–Kier alpha value is -0.138. The normalized spacial score (nSPS) is 7.50. The second-order valence-electron chi connectivity index (χ2n) is 1.14. The molecule has 5 heteroatoms. The zero-order chi connectivity index (χ0) is 6.57. The number of rotatable bonds is 3. The average molecular weight is 308 g/mol. The van der Waals surface area contributed by atoms with E-state index in [1.165, 1.54) is 0 Å². The van der Waals surface area contributed by atoms with Gasteiger partial charge in [0, 0.05) is 0 Å². The van der Waals surface area contributed by atoms with Crippen LogP contribution in [0.5, 0.6) is 0 Å². The van der Waals surface area contributed by atoms with Crippen LogP contribution in [0, 0.1) is 0 Å². The molecule has 0 aromatic heterocycles. The number of aliphatic carboxylic acids is 1. The van der Waals surface area contributed by atoms with Gasteiger partial charge < -0.3 is 0 Å². The summed E-state index contributed by atoms with van der Waals surface area (Å²) in [6, 6.07) is 0. The van der Waals surface area contributed by atoms with Crippen LogP contribution >= 0.6 is 0 Å². The summed E-state index contributed by atoms with van der Waals surface area (Å²) >= 11 is -1.93. The molecule has 0 fully saturated rings. The molecule has 0 aromatic carbocycles. The Balaban J connectivity index is 3.18. The van der Waals surface area contributed by atoms with Gasteiger partial charge in [-0.1, -0.05) is 0 Å². The minimum atomic E-state index is -1.93. The predicted molar refractivity (Wildman–Crippen MR) is 26.2 cm³/mol. The molecule has 8 heavy (non-hydrogen) atoms. The first-order chi connectivity index (χ1) is 3.63. The summed E-state index contributed by atoms with van der Waals surface area (Å²) < 4.78 is -0.956. The standard InChI is InChI=1S/C2H3O2.CHO2.Tl/c1-2(3)4;2-1-3;/h1H2,(H,3,4);(H,2,3);. The summed E-state index contributed by atoms with van der Waals surface area (Å²) in [5.41, 5.74) is 0. The van der Waals surface area contributed by atoms with E-state index in [1.54, 1.807) is 0 Å². The number of hydrogen-bond donors (Lipinski definition) is 2. The van der Waals surface area contributed by atoms with E-state index in [0.717, 1.165) is 0 Å². The van der Waals surface area contributed by atoms with Gasteiger partial charge in [0.2, 0.25) is 0 Å². The van der Waals surface area contributed by atoms with E-state index in [2.05, 4.69) is 0 Å². The summed E-state index contributed by atoms with van der Waals surface area (Å²) in [6.45, 7) is 0. The molecule has 4 nitrogen and oxygen atoms in total. The van der Waals surface area contributed by atoms with Crippen molar-refractivity contribution in [3.8, 4) is 0 Å². The summed E-state index contributed by atoms with van der Waals surface area (Å²) in [7, 11) is 0. The van der Waals surface area contributed by atoms with Crippen LogP contribution in [0.15, 0.2) is 0 Å². The van der Waals surface area contributed by atoms with Gasteiger partial charge in [0.05, 0.1) is 0 Å². The van der Waals surface area contributed by atoms with Crippen molar-refractivity contribution in [1.82, 2.24) is 0 Å². The van der Waals surface area contributed by atoms with E-state index in [4.69, 9.17) is 10.2 Å². The third-order valence-corrected chi connectivity index (χ3v) is 3.96. The number of hydrogen-bond acceptors (Lipinski definition) is 2.